The maximum Gasteiger partial charge on any atom is 0.410 e. The number of rotatable bonds is 4. The maximum absolute atomic E-state index is 12.4. The van der Waals surface area contributed by atoms with Crippen molar-refractivity contribution >= 4 is 29.4 Å². The molecule has 8 heteroatoms. The van der Waals surface area contributed by atoms with Crippen molar-refractivity contribution in [2.45, 2.75) is 65.1 Å². The van der Waals surface area contributed by atoms with Crippen molar-refractivity contribution < 1.29 is 19.1 Å². The van der Waals surface area contributed by atoms with Gasteiger partial charge in [0.1, 0.15) is 5.60 Å². The van der Waals surface area contributed by atoms with Crippen LogP contribution in [0.15, 0.2) is 0 Å². The van der Waals surface area contributed by atoms with Gasteiger partial charge in [-0.3, -0.25) is 4.79 Å². The summed E-state index contributed by atoms with van der Waals surface area (Å²) in [5.41, 5.74) is -0.940. The molecule has 26 heavy (non-hydrogen) atoms. The second kappa shape index (κ2) is 7.58. The highest BCUT2D eigenvalue weighted by Gasteiger charge is 2.45. The molecule has 1 amide bonds. The summed E-state index contributed by atoms with van der Waals surface area (Å²) < 4.78 is 10.6. The zero-order chi connectivity index (χ0) is 19.7. The molecule has 2 rings (SSSR count). The lowest BCUT2D eigenvalue weighted by molar-refractivity contribution is -0.145. The van der Waals surface area contributed by atoms with E-state index in [4.69, 9.17) is 21.7 Å². The molecule has 0 N–H and O–H groups in total. The first-order valence-corrected chi connectivity index (χ1v) is 9.57. The predicted molar refractivity (Wildman–Crippen MR) is 103 cm³/mol. The molecule has 2 fully saturated rings. The van der Waals surface area contributed by atoms with Gasteiger partial charge in [-0.05, 0) is 53.8 Å². The summed E-state index contributed by atoms with van der Waals surface area (Å²) in [6.45, 7) is 14.3. The van der Waals surface area contributed by atoms with Gasteiger partial charge in [0.15, 0.2) is 5.11 Å². The van der Waals surface area contributed by atoms with Crippen LogP contribution in [0.4, 0.5) is 4.79 Å². The SMILES string of the molecule is CCOC(=O)CC(C)(C)N1CC2CN(C(=O)OC(C)(C)C)CCN2C1=S. The Kier molecular flexibility index (Phi) is 6.05. The molecule has 2 heterocycles. The molecule has 0 aromatic carbocycles. The number of hydrogen-bond donors (Lipinski definition) is 0. The number of nitrogens with zero attached hydrogens (tertiary/aromatic N) is 3. The largest absolute Gasteiger partial charge is 0.466 e. The number of esters is 1. The van der Waals surface area contributed by atoms with E-state index in [-0.39, 0.29) is 24.5 Å². The van der Waals surface area contributed by atoms with Gasteiger partial charge in [-0.25, -0.2) is 4.79 Å². The molecule has 0 spiro atoms. The number of carbonyl (C=O) groups is 2. The van der Waals surface area contributed by atoms with Crippen LogP contribution in [0.3, 0.4) is 0 Å². The number of carbonyl (C=O) groups excluding carboxylic acids is 2. The Morgan fingerprint density at radius 2 is 1.81 bits per heavy atom. The highest BCUT2D eigenvalue weighted by molar-refractivity contribution is 7.80. The Bertz CT molecular complexity index is 573. The first-order valence-electron chi connectivity index (χ1n) is 9.16. The van der Waals surface area contributed by atoms with Gasteiger partial charge in [-0.2, -0.15) is 0 Å². The number of fused-ring (bicyclic) bond motifs is 1. The Labute approximate surface area is 161 Å². The Morgan fingerprint density at radius 1 is 1.15 bits per heavy atom. The number of hydrogen-bond acceptors (Lipinski definition) is 5. The number of ether oxygens (including phenoxy) is 2. The van der Waals surface area contributed by atoms with Gasteiger partial charge in [0, 0.05) is 31.7 Å². The minimum Gasteiger partial charge on any atom is -0.466 e. The van der Waals surface area contributed by atoms with Crippen LogP contribution in [-0.2, 0) is 14.3 Å². The van der Waals surface area contributed by atoms with Crippen molar-refractivity contribution in [2.75, 3.05) is 32.8 Å². The molecule has 2 aliphatic heterocycles. The van der Waals surface area contributed by atoms with E-state index in [0.717, 1.165) is 5.11 Å². The first kappa shape index (κ1) is 20.7. The van der Waals surface area contributed by atoms with Crippen LogP contribution in [0.2, 0.25) is 0 Å². The van der Waals surface area contributed by atoms with Gasteiger partial charge in [0.2, 0.25) is 0 Å². The average Bonchev–Trinajstić information content (AvgIpc) is 2.82. The topological polar surface area (TPSA) is 62.3 Å². The monoisotopic (exact) mass is 385 g/mol. The Hall–Kier alpha value is -1.57. The quantitative estimate of drug-likeness (QED) is 0.543. The van der Waals surface area contributed by atoms with Crippen LogP contribution in [0, 0.1) is 0 Å². The third kappa shape index (κ3) is 4.78. The summed E-state index contributed by atoms with van der Waals surface area (Å²) in [6.07, 6.45) is -0.00979. The summed E-state index contributed by atoms with van der Waals surface area (Å²) in [5, 5.41) is 0.744. The molecule has 0 saturated carbocycles. The second-order valence-electron chi connectivity index (χ2n) is 8.46. The zero-order valence-corrected chi connectivity index (χ0v) is 17.5. The van der Waals surface area contributed by atoms with E-state index in [1.807, 2.05) is 34.6 Å². The molecule has 2 saturated heterocycles. The van der Waals surface area contributed by atoms with Crippen molar-refractivity contribution in [3.63, 3.8) is 0 Å². The fraction of sp³-hybridized carbons (Fsp3) is 0.833. The predicted octanol–water partition coefficient (Wildman–Crippen LogP) is 2.24. The first-order chi connectivity index (χ1) is 11.9. The fourth-order valence-corrected chi connectivity index (χ4v) is 3.93. The molecule has 0 aromatic heterocycles. The Balaban J connectivity index is 2.02. The smallest absolute Gasteiger partial charge is 0.410 e. The standard InChI is InChI=1S/C18H31N3O4S/c1-7-24-14(22)10-18(5,6)21-12-13-11-19(8-9-20(13)15(21)26)16(23)25-17(2,3)4/h13H,7-12H2,1-6H3. The maximum atomic E-state index is 12.4. The van der Waals surface area contributed by atoms with Crippen molar-refractivity contribution in [1.29, 1.82) is 0 Å². The molecule has 7 nitrogen and oxygen atoms in total. The minimum absolute atomic E-state index is 0.116. The molecule has 1 unspecified atom stereocenters. The fourth-order valence-electron chi connectivity index (χ4n) is 3.37. The van der Waals surface area contributed by atoms with Crippen LogP contribution in [-0.4, -0.2) is 81.8 Å². The highest BCUT2D eigenvalue weighted by atomic mass is 32.1. The summed E-state index contributed by atoms with van der Waals surface area (Å²) >= 11 is 5.66. The van der Waals surface area contributed by atoms with Gasteiger partial charge in [0.25, 0.3) is 0 Å². The second-order valence-corrected chi connectivity index (χ2v) is 8.83. The van der Waals surface area contributed by atoms with Crippen LogP contribution in [0.5, 0.6) is 0 Å². The van der Waals surface area contributed by atoms with E-state index >= 15 is 0 Å². The summed E-state index contributed by atoms with van der Waals surface area (Å²) in [7, 11) is 0. The van der Waals surface area contributed by atoms with E-state index in [1.165, 1.54) is 0 Å². The van der Waals surface area contributed by atoms with E-state index in [9.17, 15) is 9.59 Å². The van der Waals surface area contributed by atoms with Gasteiger partial charge < -0.3 is 24.2 Å². The number of amides is 1. The highest BCUT2D eigenvalue weighted by Crippen LogP contribution is 2.30. The van der Waals surface area contributed by atoms with Crippen LogP contribution in [0.25, 0.3) is 0 Å². The van der Waals surface area contributed by atoms with Crippen molar-refractivity contribution in [2.24, 2.45) is 0 Å². The van der Waals surface area contributed by atoms with Crippen molar-refractivity contribution in [3.8, 4) is 0 Å². The lowest BCUT2D eigenvalue weighted by Crippen LogP contribution is -2.54. The van der Waals surface area contributed by atoms with Gasteiger partial charge in [-0.1, -0.05) is 0 Å². The van der Waals surface area contributed by atoms with Crippen molar-refractivity contribution in [3.05, 3.63) is 0 Å². The molecular weight excluding hydrogens is 354 g/mol. The van der Waals surface area contributed by atoms with Gasteiger partial charge in [-0.15, -0.1) is 0 Å². The summed E-state index contributed by atoms with van der Waals surface area (Å²) in [4.78, 5) is 30.3. The van der Waals surface area contributed by atoms with Gasteiger partial charge in [0.05, 0.1) is 19.1 Å². The lowest BCUT2D eigenvalue weighted by Gasteiger charge is -2.38. The summed E-state index contributed by atoms with van der Waals surface area (Å²) in [5.74, 6) is -0.222. The van der Waals surface area contributed by atoms with E-state index in [1.54, 1.807) is 11.8 Å². The third-order valence-corrected chi connectivity index (χ3v) is 5.07. The average molecular weight is 386 g/mol. The summed E-state index contributed by atoms with van der Waals surface area (Å²) in [6, 6.07) is 0.116. The van der Waals surface area contributed by atoms with Crippen LogP contribution >= 0.6 is 12.2 Å². The minimum atomic E-state index is -0.507. The molecule has 0 aliphatic carbocycles. The number of piperazine rings is 1. The number of thiocarbonyl (C=S) groups is 1. The molecule has 148 valence electrons. The van der Waals surface area contributed by atoms with Gasteiger partial charge >= 0.3 is 12.1 Å². The normalized spacial score (nSPS) is 20.9. The molecule has 0 radical (unpaired) electrons. The van der Waals surface area contributed by atoms with E-state index < -0.39 is 11.1 Å². The molecule has 2 aliphatic rings. The molecular formula is C18H31N3O4S. The van der Waals surface area contributed by atoms with E-state index in [0.29, 0.717) is 32.8 Å². The Morgan fingerprint density at radius 3 is 2.38 bits per heavy atom. The van der Waals surface area contributed by atoms with Crippen LogP contribution in [0.1, 0.15) is 48.0 Å². The van der Waals surface area contributed by atoms with E-state index in [2.05, 4.69) is 9.80 Å². The van der Waals surface area contributed by atoms with Crippen molar-refractivity contribution in [1.82, 2.24) is 14.7 Å². The molecule has 1 atom stereocenters. The molecule has 0 bridgehead atoms. The van der Waals surface area contributed by atoms with Crippen LogP contribution < -0.4 is 0 Å². The molecule has 0 aromatic rings. The lowest BCUT2D eigenvalue weighted by atomic mass is 9.98. The zero-order valence-electron chi connectivity index (χ0n) is 16.7. The third-order valence-electron chi connectivity index (χ3n) is 4.62.